The van der Waals surface area contributed by atoms with E-state index in [1.807, 2.05) is 7.05 Å². The first-order valence-electron chi connectivity index (χ1n) is 6.60. The van der Waals surface area contributed by atoms with Gasteiger partial charge >= 0.3 is 0 Å². The average Bonchev–Trinajstić information content (AvgIpc) is 2.26. The molecule has 1 N–H and O–H groups in total. The highest BCUT2D eigenvalue weighted by Crippen LogP contribution is 2.43. The molecule has 0 radical (unpaired) electrons. The van der Waals surface area contributed by atoms with Crippen molar-refractivity contribution >= 4 is 5.70 Å². The zero-order chi connectivity index (χ0) is 14.1. The molecule has 0 fully saturated rings. The summed E-state index contributed by atoms with van der Waals surface area (Å²) in [5.74, 6) is 0. The lowest BCUT2D eigenvalue weighted by molar-refractivity contribution is 0.225. The highest BCUT2D eigenvalue weighted by atomic mass is 14.8. The van der Waals surface area contributed by atoms with E-state index >= 15 is 0 Å². The molecule has 100 valence electrons. The minimum absolute atomic E-state index is 0.0914. The Labute approximate surface area is 112 Å². The van der Waals surface area contributed by atoms with Crippen LogP contribution < -0.4 is 5.32 Å². The second-order valence-electron chi connectivity index (χ2n) is 6.60. The largest absolute Gasteiger partial charge is 0.388 e. The fourth-order valence-corrected chi connectivity index (χ4v) is 2.12. The van der Waals surface area contributed by atoms with Crippen molar-refractivity contribution in [2.24, 2.45) is 5.41 Å². The van der Waals surface area contributed by atoms with Gasteiger partial charge in [-0.15, -0.1) is 0 Å². The predicted octanol–water partition coefficient (Wildman–Crippen LogP) is 4.51. The molecule has 0 heterocycles. The minimum Gasteiger partial charge on any atom is -0.388 e. The second-order valence-corrected chi connectivity index (χ2v) is 6.60. The van der Waals surface area contributed by atoms with Gasteiger partial charge in [0.25, 0.3) is 0 Å². The van der Waals surface area contributed by atoms with Gasteiger partial charge in [0.1, 0.15) is 0 Å². The summed E-state index contributed by atoms with van der Waals surface area (Å²) >= 11 is 0. The second kappa shape index (κ2) is 4.79. The molecular formula is C17H27N. The van der Waals surface area contributed by atoms with Gasteiger partial charge in [-0.25, -0.2) is 0 Å². The molecule has 18 heavy (non-hydrogen) atoms. The third-order valence-corrected chi connectivity index (χ3v) is 4.42. The van der Waals surface area contributed by atoms with Gasteiger partial charge in [0.2, 0.25) is 0 Å². The first kappa shape index (κ1) is 14.8. The molecule has 1 aromatic carbocycles. The van der Waals surface area contributed by atoms with Gasteiger partial charge in [-0.2, -0.15) is 0 Å². The zero-order valence-electron chi connectivity index (χ0n) is 12.9. The van der Waals surface area contributed by atoms with Crippen molar-refractivity contribution in [3.8, 4) is 0 Å². The van der Waals surface area contributed by atoms with Gasteiger partial charge in [-0.1, -0.05) is 59.4 Å². The van der Waals surface area contributed by atoms with E-state index < -0.39 is 0 Å². The third-order valence-electron chi connectivity index (χ3n) is 4.42. The zero-order valence-corrected chi connectivity index (χ0v) is 12.9. The maximum Gasteiger partial charge on any atom is 0.0343 e. The molecule has 0 aliphatic carbocycles. The smallest absolute Gasteiger partial charge is 0.0343 e. The maximum atomic E-state index is 4.15. The number of nitrogens with one attached hydrogen (secondary N) is 1. The lowest BCUT2D eigenvalue weighted by Gasteiger charge is -2.41. The Morgan fingerprint density at radius 3 is 2.11 bits per heavy atom. The van der Waals surface area contributed by atoms with Gasteiger partial charge in [0.15, 0.2) is 0 Å². The van der Waals surface area contributed by atoms with Crippen LogP contribution in [0.25, 0.3) is 5.70 Å². The number of rotatable bonds is 3. The molecule has 1 heteroatoms. The monoisotopic (exact) mass is 245 g/mol. The van der Waals surface area contributed by atoms with Crippen molar-refractivity contribution in [3.05, 3.63) is 41.5 Å². The van der Waals surface area contributed by atoms with E-state index in [1.54, 1.807) is 0 Å². The fourth-order valence-electron chi connectivity index (χ4n) is 2.12. The quantitative estimate of drug-likeness (QED) is 0.826. The first-order valence-corrected chi connectivity index (χ1v) is 6.60. The van der Waals surface area contributed by atoms with E-state index in [2.05, 4.69) is 71.6 Å². The Hall–Kier alpha value is -1.24. The molecular weight excluding hydrogens is 218 g/mol. The van der Waals surface area contributed by atoms with Crippen molar-refractivity contribution in [2.75, 3.05) is 7.05 Å². The van der Waals surface area contributed by atoms with Crippen molar-refractivity contribution in [2.45, 2.75) is 47.0 Å². The molecule has 0 aromatic heterocycles. The van der Waals surface area contributed by atoms with Crippen LogP contribution in [0.5, 0.6) is 0 Å². The summed E-state index contributed by atoms with van der Waals surface area (Å²) in [6, 6.07) is 6.53. The standard InChI is InChI=1S/C17H27N/c1-12-10-9-11-14(15(12)13(2)18-8)17(6,7)16(3,4)5/h9-11,18H,2H2,1,3-8H3. The molecule has 0 unspecified atom stereocenters. The van der Waals surface area contributed by atoms with Crippen LogP contribution in [0.1, 0.15) is 51.3 Å². The van der Waals surface area contributed by atoms with E-state index in [-0.39, 0.29) is 10.8 Å². The average molecular weight is 245 g/mol. The van der Waals surface area contributed by atoms with Crippen LogP contribution in [0.4, 0.5) is 0 Å². The summed E-state index contributed by atoms with van der Waals surface area (Å²) in [6.07, 6.45) is 0. The molecule has 0 saturated carbocycles. The van der Waals surface area contributed by atoms with Gasteiger partial charge in [0.05, 0.1) is 0 Å². The maximum absolute atomic E-state index is 4.15. The number of benzene rings is 1. The topological polar surface area (TPSA) is 12.0 Å². The Morgan fingerprint density at radius 1 is 1.11 bits per heavy atom. The fraction of sp³-hybridized carbons (Fsp3) is 0.529. The Balaban J connectivity index is 3.51. The van der Waals surface area contributed by atoms with Gasteiger partial charge < -0.3 is 5.32 Å². The molecule has 1 aromatic rings. The van der Waals surface area contributed by atoms with Gasteiger partial charge in [-0.05, 0) is 28.9 Å². The van der Waals surface area contributed by atoms with Crippen LogP contribution in [0.3, 0.4) is 0 Å². The van der Waals surface area contributed by atoms with E-state index in [0.29, 0.717) is 0 Å². The van der Waals surface area contributed by atoms with Crippen molar-refractivity contribution in [3.63, 3.8) is 0 Å². The lowest BCUT2D eigenvalue weighted by atomic mass is 9.64. The molecule has 0 atom stereocenters. The highest BCUT2D eigenvalue weighted by Gasteiger charge is 2.36. The molecule has 0 aliphatic heterocycles. The Kier molecular flexibility index (Phi) is 3.95. The van der Waals surface area contributed by atoms with E-state index in [1.165, 1.54) is 16.7 Å². The summed E-state index contributed by atoms with van der Waals surface area (Å²) < 4.78 is 0. The van der Waals surface area contributed by atoms with Crippen molar-refractivity contribution in [1.82, 2.24) is 5.32 Å². The Bertz CT molecular complexity index is 447. The molecule has 1 nitrogen and oxygen atoms in total. The predicted molar refractivity (Wildman–Crippen MR) is 81.8 cm³/mol. The third kappa shape index (κ3) is 2.45. The molecule has 0 aliphatic rings. The number of aryl methyl sites for hydroxylation is 1. The normalized spacial score (nSPS) is 12.4. The van der Waals surface area contributed by atoms with Gasteiger partial charge in [-0.3, -0.25) is 0 Å². The SMILES string of the molecule is C=C(NC)c1c(C)cccc1C(C)(C)C(C)(C)C. The molecule has 0 saturated heterocycles. The summed E-state index contributed by atoms with van der Waals surface area (Å²) in [4.78, 5) is 0. The Morgan fingerprint density at radius 2 is 1.67 bits per heavy atom. The van der Waals surface area contributed by atoms with Crippen molar-refractivity contribution in [1.29, 1.82) is 0 Å². The van der Waals surface area contributed by atoms with Crippen LogP contribution in [-0.2, 0) is 5.41 Å². The molecule has 0 amide bonds. The molecule has 1 rings (SSSR count). The highest BCUT2D eigenvalue weighted by molar-refractivity contribution is 5.69. The van der Waals surface area contributed by atoms with Gasteiger partial charge in [0, 0.05) is 18.3 Å². The summed E-state index contributed by atoms with van der Waals surface area (Å²) in [7, 11) is 1.93. The summed E-state index contributed by atoms with van der Waals surface area (Å²) in [5.41, 5.74) is 5.21. The van der Waals surface area contributed by atoms with Crippen LogP contribution in [0.15, 0.2) is 24.8 Å². The lowest BCUT2D eigenvalue weighted by Crippen LogP contribution is -2.35. The van der Waals surface area contributed by atoms with Crippen molar-refractivity contribution < 1.29 is 0 Å². The van der Waals surface area contributed by atoms with Crippen LogP contribution in [-0.4, -0.2) is 7.05 Å². The van der Waals surface area contributed by atoms with E-state index in [0.717, 1.165) is 5.70 Å². The first-order chi connectivity index (χ1) is 8.13. The van der Waals surface area contributed by atoms with Crippen LogP contribution in [0, 0.1) is 12.3 Å². The number of hydrogen-bond donors (Lipinski definition) is 1. The number of hydrogen-bond acceptors (Lipinski definition) is 1. The van der Waals surface area contributed by atoms with E-state index in [9.17, 15) is 0 Å². The van der Waals surface area contributed by atoms with Crippen LogP contribution in [0.2, 0.25) is 0 Å². The molecule has 0 bridgehead atoms. The summed E-state index contributed by atoms with van der Waals surface area (Å²) in [6.45, 7) is 17.8. The summed E-state index contributed by atoms with van der Waals surface area (Å²) in [5, 5.41) is 3.19. The minimum atomic E-state index is 0.0914. The molecule has 0 spiro atoms. The van der Waals surface area contributed by atoms with E-state index in [4.69, 9.17) is 0 Å². The van der Waals surface area contributed by atoms with Crippen LogP contribution >= 0.6 is 0 Å².